The molecule has 5 nitrogen and oxygen atoms in total. The molecule has 1 saturated carbocycles. The Hall–Kier alpha value is -1.29. The van der Waals surface area contributed by atoms with Crippen molar-refractivity contribution in [2.45, 2.75) is 32.6 Å². The van der Waals surface area contributed by atoms with E-state index in [0.717, 1.165) is 36.3 Å². The van der Waals surface area contributed by atoms with Gasteiger partial charge >= 0.3 is 16.5 Å². The van der Waals surface area contributed by atoms with E-state index in [1.807, 2.05) is 25.1 Å². The van der Waals surface area contributed by atoms with Crippen molar-refractivity contribution < 1.29 is 16.5 Å². The van der Waals surface area contributed by atoms with Crippen molar-refractivity contribution in [3.8, 4) is 5.40 Å². The first-order valence-electron chi connectivity index (χ1n) is 8.11. The molecule has 25 heavy (non-hydrogen) atoms. The molecular weight excluding hydrogens is 397 g/mol. The maximum Gasteiger partial charge on any atom is 2.00 e. The van der Waals surface area contributed by atoms with Gasteiger partial charge in [0.05, 0.1) is 11.4 Å². The average Bonchev–Trinajstić information content (AvgIpc) is 2.95. The Morgan fingerprint density at radius 1 is 1.20 bits per heavy atom. The van der Waals surface area contributed by atoms with Gasteiger partial charge < -0.3 is 30.2 Å². The molecule has 0 aromatic carbocycles. The molecule has 3 fully saturated rings. The molecule has 3 aliphatic rings. The van der Waals surface area contributed by atoms with Gasteiger partial charge in [0, 0.05) is 24.5 Å². The zero-order valence-electron chi connectivity index (χ0n) is 14.1. The smallest absolute Gasteiger partial charge is 0.741 e. The second-order valence-electron chi connectivity index (χ2n) is 6.17. The fraction of sp³-hybridized carbons (Fsp3) is 0.529. The number of amidine groups is 1. The van der Waals surface area contributed by atoms with Crippen molar-refractivity contribution in [1.82, 2.24) is 9.88 Å². The van der Waals surface area contributed by atoms with E-state index in [1.165, 1.54) is 31.1 Å². The van der Waals surface area contributed by atoms with Crippen LogP contribution in [0.15, 0.2) is 34.6 Å². The summed E-state index contributed by atoms with van der Waals surface area (Å²) in [5.41, 5.74) is 1.65. The second-order valence-corrected chi connectivity index (χ2v) is 6.71. The van der Waals surface area contributed by atoms with Crippen LogP contribution < -0.4 is 0 Å². The summed E-state index contributed by atoms with van der Waals surface area (Å²) in [6, 6.07) is 5.78. The van der Waals surface area contributed by atoms with Crippen molar-refractivity contribution in [2.75, 3.05) is 13.1 Å². The molecule has 2 aliphatic heterocycles. The van der Waals surface area contributed by atoms with Gasteiger partial charge in [0.15, 0.2) is 0 Å². The standard InChI is InChI=1S/C16H22N4S.CHNS.Ni/c1-12(15-4-2-3-9-17-15)18-19-16(21)20-10-13-5-6-14(11-20)8-7-13;2-1-3;/h2-4,9,13-14H,5-8,10-11H2,1H3,(H,19,21);3H;/q;;+2/p-2/b18-12+;;. The zero-order valence-corrected chi connectivity index (χ0v) is 16.7. The number of aromatic nitrogens is 1. The maximum atomic E-state index is 7.13. The van der Waals surface area contributed by atoms with Gasteiger partial charge in [-0.15, -0.1) is 0 Å². The van der Waals surface area contributed by atoms with E-state index in [-0.39, 0.29) is 16.5 Å². The molecule has 2 saturated heterocycles. The van der Waals surface area contributed by atoms with Crippen LogP contribution in [0, 0.1) is 22.5 Å². The number of hydrogen-bond donors (Lipinski definition) is 0. The van der Waals surface area contributed by atoms with E-state index >= 15 is 0 Å². The SMILES string of the molecule is C/C(=N\N=C(/[S-])N1CC2CCC(CC2)C1)c1ccccn1.N#C[S-].[Ni+2]. The zero-order chi connectivity index (χ0) is 17.4. The van der Waals surface area contributed by atoms with Gasteiger partial charge in [0.25, 0.3) is 0 Å². The topological polar surface area (TPSA) is 64.6 Å². The van der Waals surface area contributed by atoms with E-state index in [0.29, 0.717) is 5.17 Å². The molecule has 0 atom stereocenters. The molecule has 0 spiro atoms. The first kappa shape index (κ1) is 21.8. The molecule has 3 heterocycles. The van der Waals surface area contributed by atoms with E-state index in [1.54, 1.807) is 6.20 Å². The molecule has 0 unspecified atom stereocenters. The molecule has 1 aromatic heterocycles. The first-order chi connectivity index (χ1) is 11.6. The number of rotatable bonds is 2. The Kier molecular flexibility index (Phi) is 9.88. The molecule has 1 aromatic rings. The summed E-state index contributed by atoms with van der Waals surface area (Å²) >= 11 is 9.17. The van der Waals surface area contributed by atoms with Gasteiger partial charge in [-0.3, -0.25) is 4.98 Å². The summed E-state index contributed by atoms with van der Waals surface area (Å²) < 4.78 is 0. The molecule has 136 valence electrons. The van der Waals surface area contributed by atoms with Crippen LogP contribution in [0.5, 0.6) is 0 Å². The Bertz CT molecular complexity index is 608. The first-order valence-corrected chi connectivity index (χ1v) is 8.92. The summed E-state index contributed by atoms with van der Waals surface area (Å²) in [5.74, 6) is 1.58. The molecule has 8 heteroatoms. The quantitative estimate of drug-likeness (QED) is 0.185. The summed E-state index contributed by atoms with van der Waals surface area (Å²) in [5, 5.41) is 17.6. The molecule has 0 amide bonds. The third kappa shape index (κ3) is 6.85. The molecule has 1 aliphatic carbocycles. The number of fused-ring (bicyclic) bond motifs is 4. The van der Waals surface area contributed by atoms with E-state index in [9.17, 15) is 0 Å². The predicted octanol–water partition coefficient (Wildman–Crippen LogP) is 2.84. The van der Waals surface area contributed by atoms with Crippen molar-refractivity contribution in [1.29, 1.82) is 5.26 Å². The van der Waals surface area contributed by atoms with Gasteiger partial charge in [-0.25, -0.2) is 5.26 Å². The minimum Gasteiger partial charge on any atom is -0.741 e. The van der Waals surface area contributed by atoms with E-state index in [4.69, 9.17) is 17.9 Å². The second kappa shape index (κ2) is 11.4. The van der Waals surface area contributed by atoms with Crippen molar-refractivity contribution in [3.05, 3.63) is 30.1 Å². The molecule has 4 rings (SSSR count). The summed E-state index contributed by atoms with van der Waals surface area (Å²) in [6.45, 7) is 4.02. The van der Waals surface area contributed by atoms with Crippen LogP contribution in [0.25, 0.3) is 0 Å². The molecule has 2 bridgehead atoms. The van der Waals surface area contributed by atoms with Crippen molar-refractivity contribution in [3.63, 3.8) is 0 Å². The largest absolute Gasteiger partial charge is 2.00 e. The van der Waals surface area contributed by atoms with E-state index in [2.05, 4.69) is 32.7 Å². The Labute approximate surface area is 170 Å². The third-order valence-electron chi connectivity index (χ3n) is 4.52. The van der Waals surface area contributed by atoms with Crippen LogP contribution in [-0.2, 0) is 41.7 Å². The fourth-order valence-electron chi connectivity index (χ4n) is 3.26. The Morgan fingerprint density at radius 2 is 1.76 bits per heavy atom. The van der Waals surface area contributed by atoms with E-state index < -0.39 is 0 Å². The monoisotopic (exact) mass is 417 g/mol. The minimum absolute atomic E-state index is 0. The van der Waals surface area contributed by atoms with Crippen LogP contribution in [-0.4, -0.2) is 33.9 Å². The van der Waals surface area contributed by atoms with Crippen LogP contribution in [0.3, 0.4) is 0 Å². The number of nitrogens with zero attached hydrogens (tertiary/aromatic N) is 5. The van der Waals surface area contributed by atoms with Gasteiger partial charge in [-0.05, 0) is 56.6 Å². The molecule has 0 radical (unpaired) electrons. The Morgan fingerprint density at radius 3 is 2.24 bits per heavy atom. The van der Waals surface area contributed by atoms with Crippen LogP contribution in [0.4, 0.5) is 0 Å². The van der Waals surface area contributed by atoms with Gasteiger partial charge in [-0.2, -0.15) is 10.2 Å². The van der Waals surface area contributed by atoms with Crippen molar-refractivity contribution in [2.24, 2.45) is 22.0 Å². The molecular formula is C17H21N5NiS2. The number of hydrogen-bond acceptors (Lipinski definition) is 6. The number of nitriles is 1. The van der Waals surface area contributed by atoms with Gasteiger partial charge in [0.2, 0.25) is 0 Å². The minimum atomic E-state index is 0. The summed E-state index contributed by atoms with van der Waals surface area (Å²) in [6.07, 6.45) is 7.15. The summed E-state index contributed by atoms with van der Waals surface area (Å²) in [7, 11) is 0. The average molecular weight is 418 g/mol. The van der Waals surface area contributed by atoms with Gasteiger partial charge in [-0.1, -0.05) is 11.5 Å². The van der Waals surface area contributed by atoms with Gasteiger partial charge in [0.1, 0.15) is 0 Å². The number of pyridine rings is 1. The Balaban J connectivity index is 0.000000730. The normalized spacial score (nSPS) is 22.8. The maximum absolute atomic E-state index is 7.13. The van der Waals surface area contributed by atoms with Crippen LogP contribution in [0.1, 0.15) is 38.3 Å². The van der Waals surface area contributed by atoms with Crippen molar-refractivity contribution >= 4 is 36.1 Å². The summed E-state index contributed by atoms with van der Waals surface area (Å²) in [4.78, 5) is 6.52. The van der Waals surface area contributed by atoms with Crippen LogP contribution in [0.2, 0.25) is 0 Å². The molecule has 0 N–H and O–H groups in total. The third-order valence-corrected chi connectivity index (χ3v) is 4.85. The van der Waals surface area contributed by atoms with Crippen LogP contribution >= 0.6 is 0 Å². The predicted molar refractivity (Wildman–Crippen MR) is 101 cm³/mol. The fourth-order valence-corrected chi connectivity index (χ4v) is 3.45. The number of thiocyanates is 1.